The fraction of sp³-hybridized carbons (Fsp3) is 0.467. The van der Waals surface area contributed by atoms with E-state index in [1.165, 1.54) is 12.0 Å². The molecule has 0 aromatic heterocycles. The molecule has 1 aromatic rings. The van der Waals surface area contributed by atoms with Crippen LogP contribution in [0.4, 0.5) is 0 Å². The fourth-order valence-corrected chi connectivity index (χ4v) is 2.27. The van der Waals surface area contributed by atoms with Crippen molar-refractivity contribution in [2.24, 2.45) is 0 Å². The second kappa shape index (κ2) is 6.66. The maximum Gasteiger partial charge on any atom is 0.278 e. The van der Waals surface area contributed by atoms with Gasteiger partial charge in [0.2, 0.25) is 0 Å². The minimum atomic E-state index is -0.162. The van der Waals surface area contributed by atoms with Crippen molar-refractivity contribution in [2.45, 2.75) is 38.1 Å². The van der Waals surface area contributed by atoms with Gasteiger partial charge in [-0.3, -0.25) is 4.79 Å². The zero-order chi connectivity index (χ0) is 13.7. The standard InChI is InChI=1S/C15H20N2OS/c1-11(12-6-3-2-4-7-12)10-16-14(18)15(19)17-13-8-5-9-13/h2-4,6-7,11,13H,5,8-10H2,1H3,(H,16,18)(H,17,19). The summed E-state index contributed by atoms with van der Waals surface area (Å²) in [5.74, 6) is 0.126. The van der Waals surface area contributed by atoms with Gasteiger partial charge in [-0.05, 0) is 30.7 Å². The Balaban J connectivity index is 1.75. The lowest BCUT2D eigenvalue weighted by molar-refractivity contribution is -0.114. The highest BCUT2D eigenvalue weighted by atomic mass is 32.1. The van der Waals surface area contributed by atoms with Crippen molar-refractivity contribution in [3.05, 3.63) is 35.9 Å². The summed E-state index contributed by atoms with van der Waals surface area (Å²) in [6, 6.07) is 10.6. The van der Waals surface area contributed by atoms with Crippen molar-refractivity contribution in [1.29, 1.82) is 0 Å². The number of benzene rings is 1. The summed E-state index contributed by atoms with van der Waals surface area (Å²) < 4.78 is 0. The van der Waals surface area contributed by atoms with Crippen molar-refractivity contribution >= 4 is 23.1 Å². The van der Waals surface area contributed by atoms with Crippen LogP contribution in [0.15, 0.2) is 30.3 Å². The third kappa shape index (κ3) is 4.03. The lowest BCUT2D eigenvalue weighted by Crippen LogP contribution is -2.46. The molecule has 2 N–H and O–H groups in total. The molecule has 19 heavy (non-hydrogen) atoms. The van der Waals surface area contributed by atoms with Gasteiger partial charge in [0.25, 0.3) is 5.91 Å². The van der Waals surface area contributed by atoms with Gasteiger partial charge in [-0.15, -0.1) is 0 Å². The summed E-state index contributed by atoms with van der Waals surface area (Å²) in [5.41, 5.74) is 1.22. The Kier molecular flexibility index (Phi) is 4.91. The molecule has 102 valence electrons. The van der Waals surface area contributed by atoms with Crippen molar-refractivity contribution in [3.63, 3.8) is 0 Å². The number of rotatable bonds is 4. The van der Waals surface area contributed by atoms with Gasteiger partial charge < -0.3 is 10.6 Å². The Morgan fingerprint density at radius 1 is 1.37 bits per heavy atom. The summed E-state index contributed by atoms with van der Waals surface area (Å²) in [5, 5.41) is 5.99. The normalized spacial score (nSPS) is 16.3. The second-order valence-electron chi connectivity index (χ2n) is 5.12. The van der Waals surface area contributed by atoms with E-state index in [0.717, 1.165) is 12.8 Å². The molecule has 1 aliphatic rings. The Morgan fingerprint density at radius 3 is 2.63 bits per heavy atom. The van der Waals surface area contributed by atoms with Crippen LogP contribution >= 0.6 is 12.2 Å². The molecule has 1 aromatic carbocycles. The Labute approximate surface area is 119 Å². The van der Waals surface area contributed by atoms with Gasteiger partial charge in [0.1, 0.15) is 0 Å². The molecule has 1 atom stereocenters. The molecule has 1 amide bonds. The van der Waals surface area contributed by atoms with Gasteiger partial charge in [0, 0.05) is 12.6 Å². The largest absolute Gasteiger partial charge is 0.369 e. The van der Waals surface area contributed by atoms with E-state index < -0.39 is 0 Å². The highest BCUT2D eigenvalue weighted by molar-refractivity contribution is 7.82. The smallest absolute Gasteiger partial charge is 0.278 e. The van der Waals surface area contributed by atoms with Gasteiger partial charge in [0.05, 0.1) is 0 Å². The van der Waals surface area contributed by atoms with Crippen molar-refractivity contribution in [1.82, 2.24) is 10.6 Å². The maximum absolute atomic E-state index is 11.8. The third-order valence-corrected chi connectivity index (χ3v) is 3.89. The molecule has 1 aliphatic carbocycles. The summed E-state index contributed by atoms with van der Waals surface area (Å²) >= 11 is 5.10. The van der Waals surface area contributed by atoms with Gasteiger partial charge in [-0.2, -0.15) is 0 Å². The quantitative estimate of drug-likeness (QED) is 0.830. The Morgan fingerprint density at radius 2 is 2.05 bits per heavy atom. The third-order valence-electron chi connectivity index (χ3n) is 3.58. The molecule has 0 saturated heterocycles. The first kappa shape index (κ1) is 14.0. The molecule has 4 heteroatoms. The van der Waals surface area contributed by atoms with Crippen LogP contribution in [0, 0.1) is 0 Å². The van der Waals surface area contributed by atoms with Gasteiger partial charge in [0.15, 0.2) is 4.99 Å². The molecular weight excluding hydrogens is 256 g/mol. The van der Waals surface area contributed by atoms with Crippen LogP contribution in [0.3, 0.4) is 0 Å². The summed E-state index contributed by atoms with van der Waals surface area (Å²) in [6.45, 7) is 2.70. The van der Waals surface area contributed by atoms with E-state index in [1.807, 2.05) is 18.2 Å². The van der Waals surface area contributed by atoms with E-state index in [0.29, 0.717) is 17.6 Å². The van der Waals surface area contributed by atoms with Crippen molar-refractivity contribution in [2.75, 3.05) is 6.54 Å². The number of carbonyl (C=O) groups is 1. The molecule has 1 fully saturated rings. The van der Waals surface area contributed by atoms with Gasteiger partial charge >= 0.3 is 0 Å². The highest BCUT2D eigenvalue weighted by Crippen LogP contribution is 2.18. The molecule has 1 saturated carbocycles. The number of amides is 1. The van der Waals surface area contributed by atoms with Crippen molar-refractivity contribution < 1.29 is 4.79 Å². The van der Waals surface area contributed by atoms with E-state index >= 15 is 0 Å². The molecule has 0 bridgehead atoms. The molecule has 0 spiro atoms. The number of nitrogens with one attached hydrogen (secondary N) is 2. The molecular formula is C15H20N2OS. The average Bonchev–Trinajstić information content (AvgIpc) is 2.40. The van der Waals surface area contributed by atoms with E-state index in [9.17, 15) is 4.79 Å². The molecule has 0 heterocycles. The first-order valence-electron chi connectivity index (χ1n) is 6.80. The van der Waals surface area contributed by atoms with Gasteiger partial charge in [-0.1, -0.05) is 49.5 Å². The monoisotopic (exact) mass is 276 g/mol. The summed E-state index contributed by atoms with van der Waals surface area (Å²) in [6.07, 6.45) is 3.47. The zero-order valence-corrected chi connectivity index (χ0v) is 12.0. The number of carbonyl (C=O) groups excluding carboxylic acids is 1. The summed E-state index contributed by atoms with van der Waals surface area (Å²) in [4.78, 5) is 12.2. The number of hydrogen-bond donors (Lipinski definition) is 2. The molecule has 1 unspecified atom stereocenters. The lowest BCUT2D eigenvalue weighted by atomic mass is 9.93. The van der Waals surface area contributed by atoms with E-state index in [1.54, 1.807) is 0 Å². The van der Waals surface area contributed by atoms with Gasteiger partial charge in [-0.25, -0.2) is 0 Å². The fourth-order valence-electron chi connectivity index (χ4n) is 2.03. The van der Waals surface area contributed by atoms with Crippen LogP contribution in [-0.2, 0) is 4.79 Å². The van der Waals surface area contributed by atoms with Crippen LogP contribution in [0.1, 0.15) is 37.7 Å². The number of hydrogen-bond acceptors (Lipinski definition) is 2. The molecule has 3 nitrogen and oxygen atoms in total. The van der Waals surface area contributed by atoms with Crippen LogP contribution < -0.4 is 10.6 Å². The number of thiocarbonyl (C=S) groups is 1. The molecule has 0 aliphatic heterocycles. The lowest BCUT2D eigenvalue weighted by Gasteiger charge is -2.27. The zero-order valence-electron chi connectivity index (χ0n) is 11.2. The van der Waals surface area contributed by atoms with Crippen LogP contribution in [0.25, 0.3) is 0 Å². The average molecular weight is 276 g/mol. The predicted octanol–water partition coefficient (Wildman–Crippen LogP) is 2.38. The van der Waals surface area contributed by atoms with E-state index in [-0.39, 0.29) is 11.8 Å². The van der Waals surface area contributed by atoms with Crippen LogP contribution in [0.2, 0.25) is 0 Å². The predicted molar refractivity (Wildman–Crippen MR) is 81.2 cm³/mol. The molecule has 2 rings (SSSR count). The minimum Gasteiger partial charge on any atom is -0.369 e. The van der Waals surface area contributed by atoms with Crippen molar-refractivity contribution in [3.8, 4) is 0 Å². The van der Waals surface area contributed by atoms with E-state index in [4.69, 9.17) is 12.2 Å². The molecule has 0 radical (unpaired) electrons. The minimum absolute atomic E-state index is 0.162. The SMILES string of the molecule is CC(CNC(=O)C(=S)NC1CCC1)c1ccccc1. The second-order valence-corrected chi connectivity index (χ2v) is 5.53. The maximum atomic E-state index is 11.8. The van der Waals surface area contributed by atoms with Crippen LogP contribution in [0.5, 0.6) is 0 Å². The van der Waals surface area contributed by atoms with E-state index in [2.05, 4.69) is 29.7 Å². The Hall–Kier alpha value is -1.42. The topological polar surface area (TPSA) is 41.1 Å². The Bertz CT molecular complexity index is 443. The first-order valence-corrected chi connectivity index (χ1v) is 7.21. The highest BCUT2D eigenvalue weighted by Gasteiger charge is 2.20. The van der Waals surface area contributed by atoms with Crippen LogP contribution in [-0.4, -0.2) is 23.5 Å². The first-order chi connectivity index (χ1) is 9.16. The summed E-state index contributed by atoms with van der Waals surface area (Å²) in [7, 11) is 0.